The Bertz CT molecular complexity index is 508. The maximum atomic E-state index is 12.7. The summed E-state index contributed by atoms with van der Waals surface area (Å²) in [5, 5.41) is 11.0. The lowest BCUT2D eigenvalue weighted by molar-refractivity contribution is 0.318. The number of hydrogen-bond acceptors (Lipinski definition) is 4. The van der Waals surface area contributed by atoms with Gasteiger partial charge in [-0.2, -0.15) is 0 Å². The van der Waals surface area contributed by atoms with Crippen molar-refractivity contribution in [3.8, 4) is 0 Å². The van der Waals surface area contributed by atoms with E-state index in [-0.39, 0.29) is 11.5 Å². The molecule has 94 valence electrons. The second-order valence-corrected chi connectivity index (χ2v) is 6.20. The van der Waals surface area contributed by atoms with Gasteiger partial charge in [-0.25, -0.2) is 12.8 Å². The monoisotopic (exact) mass is 259 g/mol. The standard InChI is InChI=1S/C11H14FNO3S/c1-3-17(15,16)8(2)11(13-14)9-4-6-10(12)7-5-9/h4-8,14H,3H2,1-2H3/b13-11+/t8-/m1/s1. The maximum absolute atomic E-state index is 12.7. The fraction of sp³-hybridized carbons (Fsp3) is 0.364. The fourth-order valence-electron chi connectivity index (χ4n) is 1.41. The highest BCUT2D eigenvalue weighted by molar-refractivity contribution is 7.92. The number of oxime groups is 1. The maximum Gasteiger partial charge on any atom is 0.158 e. The molecule has 0 saturated heterocycles. The van der Waals surface area contributed by atoms with Gasteiger partial charge in [0.05, 0.1) is 0 Å². The highest BCUT2D eigenvalue weighted by Crippen LogP contribution is 2.13. The first kappa shape index (κ1) is 13.6. The SMILES string of the molecule is CCS(=O)(=O)[C@H](C)/C(=N\O)c1ccc(F)cc1. The van der Waals surface area contributed by atoms with E-state index in [0.717, 1.165) is 0 Å². The number of nitrogens with zero attached hydrogens (tertiary/aromatic N) is 1. The molecule has 0 aliphatic heterocycles. The Kier molecular flexibility index (Phi) is 4.22. The predicted molar refractivity (Wildman–Crippen MR) is 63.6 cm³/mol. The van der Waals surface area contributed by atoms with Gasteiger partial charge in [0.1, 0.15) is 16.8 Å². The van der Waals surface area contributed by atoms with Crippen molar-refractivity contribution < 1.29 is 18.0 Å². The van der Waals surface area contributed by atoms with Crippen LogP contribution in [0.25, 0.3) is 0 Å². The van der Waals surface area contributed by atoms with Crippen LogP contribution >= 0.6 is 0 Å². The normalized spacial score (nSPS) is 14.6. The number of rotatable bonds is 4. The average molecular weight is 259 g/mol. The average Bonchev–Trinajstić information content (AvgIpc) is 2.32. The molecule has 0 fully saturated rings. The first-order chi connectivity index (χ1) is 7.92. The summed E-state index contributed by atoms with van der Waals surface area (Å²) in [5.41, 5.74) is 0.408. The van der Waals surface area contributed by atoms with E-state index in [2.05, 4.69) is 5.16 Å². The van der Waals surface area contributed by atoms with Gasteiger partial charge in [-0.15, -0.1) is 0 Å². The van der Waals surface area contributed by atoms with E-state index in [9.17, 15) is 12.8 Å². The first-order valence-corrected chi connectivity index (χ1v) is 6.83. The Hall–Kier alpha value is -1.43. The van der Waals surface area contributed by atoms with Crippen molar-refractivity contribution in [2.45, 2.75) is 19.1 Å². The van der Waals surface area contributed by atoms with Crippen LogP contribution in [0.5, 0.6) is 0 Å². The minimum atomic E-state index is -3.35. The molecule has 0 aliphatic rings. The molecule has 0 radical (unpaired) electrons. The zero-order chi connectivity index (χ0) is 13.1. The quantitative estimate of drug-likeness (QED) is 0.509. The third-order valence-corrected chi connectivity index (χ3v) is 4.68. The van der Waals surface area contributed by atoms with Crippen LogP contribution in [0, 0.1) is 5.82 Å². The number of hydrogen-bond donors (Lipinski definition) is 1. The summed E-state index contributed by atoms with van der Waals surface area (Å²) in [4.78, 5) is 0. The van der Waals surface area contributed by atoms with E-state index >= 15 is 0 Å². The van der Waals surface area contributed by atoms with Crippen molar-refractivity contribution in [3.63, 3.8) is 0 Å². The van der Waals surface area contributed by atoms with Gasteiger partial charge >= 0.3 is 0 Å². The van der Waals surface area contributed by atoms with E-state index in [0.29, 0.717) is 5.56 Å². The number of halogens is 1. The van der Waals surface area contributed by atoms with E-state index in [1.165, 1.54) is 38.1 Å². The van der Waals surface area contributed by atoms with E-state index in [1.807, 2.05) is 0 Å². The Morgan fingerprint density at radius 3 is 2.35 bits per heavy atom. The van der Waals surface area contributed by atoms with Crippen LogP contribution in [-0.2, 0) is 9.84 Å². The van der Waals surface area contributed by atoms with Crippen molar-refractivity contribution in [1.82, 2.24) is 0 Å². The first-order valence-electron chi connectivity index (χ1n) is 5.11. The molecule has 0 aromatic heterocycles. The van der Waals surface area contributed by atoms with Crippen molar-refractivity contribution in [3.05, 3.63) is 35.6 Å². The summed E-state index contributed by atoms with van der Waals surface area (Å²) < 4.78 is 36.1. The van der Waals surface area contributed by atoms with Gasteiger partial charge in [-0.05, 0) is 19.1 Å². The molecule has 6 heteroatoms. The molecule has 0 spiro atoms. The van der Waals surface area contributed by atoms with Gasteiger partial charge in [0.25, 0.3) is 0 Å². The Balaban J connectivity index is 3.14. The summed E-state index contributed by atoms with van der Waals surface area (Å²) >= 11 is 0. The zero-order valence-electron chi connectivity index (χ0n) is 9.59. The minimum absolute atomic E-state index is 0.0202. The lowest BCUT2D eigenvalue weighted by Crippen LogP contribution is -2.29. The molecule has 0 saturated carbocycles. The molecule has 1 aromatic rings. The highest BCUT2D eigenvalue weighted by Gasteiger charge is 2.25. The second kappa shape index (κ2) is 5.27. The molecule has 0 aliphatic carbocycles. The molecule has 0 amide bonds. The van der Waals surface area contributed by atoms with Gasteiger partial charge in [-0.1, -0.05) is 24.2 Å². The Morgan fingerprint density at radius 1 is 1.41 bits per heavy atom. The van der Waals surface area contributed by atoms with Gasteiger partial charge in [-0.3, -0.25) is 0 Å². The lowest BCUT2D eigenvalue weighted by atomic mass is 10.1. The largest absolute Gasteiger partial charge is 0.411 e. The third-order valence-electron chi connectivity index (χ3n) is 2.57. The zero-order valence-corrected chi connectivity index (χ0v) is 10.4. The van der Waals surface area contributed by atoms with E-state index in [4.69, 9.17) is 5.21 Å². The van der Waals surface area contributed by atoms with Gasteiger partial charge in [0.15, 0.2) is 9.84 Å². The second-order valence-electron chi connectivity index (χ2n) is 3.59. The summed E-state index contributed by atoms with van der Waals surface area (Å²) in [6.45, 7) is 2.96. The number of benzene rings is 1. The molecule has 0 heterocycles. The van der Waals surface area contributed by atoms with Crippen LogP contribution < -0.4 is 0 Å². The van der Waals surface area contributed by atoms with Crippen LogP contribution in [-0.4, -0.2) is 30.3 Å². The summed E-state index contributed by atoms with van der Waals surface area (Å²) in [6, 6.07) is 5.13. The van der Waals surface area contributed by atoms with Crippen molar-refractivity contribution in [2.24, 2.45) is 5.16 Å². The molecular formula is C11H14FNO3S. The van der Waals surface area contributed by atoms with Gasteiger partial charge < -0.3 is 5.21 Å². The Morgan fingerprint density at radius 2 is 1.94 bits per heavy atom. The minimum Gasteiger partial charge on any atom is -0.411 e. The topological polar surface area (TPSA) is 66.7 Å². The van der Waals surface area contributed by atoms with Crippen LogP contribution in [0.4, 0.5) is 4.39 Å². The molecule has 0 bridgehead atoms. The fourth-order valence-corrected chi connectivity index (χ4v) is 2.44. The van der Waals surface area contributed by atoms with Crippen LogP contribution in [0.2, 0.25) is 0 Å². The molecule has 17 heavy (non-hydrogen) atoms. The number of sulfone groups is 1. The third kappa shape index (κ3) is 3.03. The van der Waals surface area contributed by atoms with Crippen molar-refractivity contribution in [1.29, 1.82) is 0 Å². The smallest absolute Gasteiger partial charge is 0.158 e. The summed E-state index contributed by atoms with van der Waals surface area (Å²) in [7, 11) is -3.35. The van der Waals surface area contributed by atoms with Gasteiger partial charge in [0.2, 0.25) is 0 Å². The molecule has 1 atom stereocenters. The van der Waals surface area contributed by atoms with Crippen LogP contribution in [0.3, 0.4) is 0 Å². The lowest BCUT2D eigenvalue weighted by Gasteiger charge is -2.13. The molecular weight excluding hydrogens is 245 g/mol. The van der Waals surface area contributed by atoms with Crippen LogP contribution in [0.15, 0.2) is 29.4 Å². The Labute approximate surface area is 99.7 Å². The predicted octanol–water partition coefficient (Wildman–Crippen LogP) is 1.83. The summed E-state index contributed by atoms with van der Waals surface area (Å²) in [6.07, 6.45) is 0. The van der Waals surface area contributed by atoms with Crippen molar-refractivity contribution >= 4 is 15.5 Å². The highest BCUT2D eigenvalue weighted by atomic mass is 32.2. The molecule has 1 rings (SSSR count). The van der Waals surface area contributed by atoms with Crippen molar-refractivity contribution in [2.75, 3.05) is 5.75 Å². The van der Waals surface area contributed by atoms with Crippen LogP contribution in [0.1, 0.15) is 19.4 Å². The molecule has 1 aromatic carbocycles. The van der Waals surface area contributed by atoms with E-state index in [1.54, 1.807) is 0 Å². The molecule has 0 unspecified atom stereocenters. The van der Waals surface area contributed by atoms with Gasteiger partial charge in [0, 0.05) is 11.3 Å². The molecule has 4 nitrogen and oxygen atoms in total. The molecule has 1 N–H and O–H groups in total. The summed E-state index contributed by atoms with van der Waals surface area (Å²) in [5.74, 6) is -0.481. The van der Waals surface area contributed by atoms with E-state index < -0.39 is 20.9 Å².